The number of aromatic nitrogens is 1. The third kappa shape index (κ3) is 2.55. The lowest BCUT2D eigenvalue weighted by Crippen LogP contribution is -2.19. The predicted octanol–water partition coefficient (Wildman–Crippen LogP) is 2.04. The minimum Gasteiger partial charge on any atom is -0.298 e. The first-order chi connectivity index (χ1) is 6.15. The van der Waals surface area contributed by atoms with Crippen molar-refractivity contribution in [3.8, 4) is 12.3 Å². The second-order valence-corrected chi connectivity index (χ2v) is 4.39. The Morgan fingerprint density at radius 1 is 1.62 bits per heavy atom. The maximum atomic E-state index is 5.17. The van der Waals surface area contributed by atoms with Gasteiger partial charge in [-0.2, -0.15) is 0 Å². The first-order valence-electron chi connectivity index (χ1n) is 4.26. The van der Waals surface area contributed by atoms with E-state index in [9.17, 15) is 0 Å². The third-order valence-corrected chi connectivity index (χ3v) is 2.76. The van der Waals surface area contributed by atoms with Gasteiger partial charge in [0.1, 0.15) is 0 Å². The maximum Gasteiger partial charge on any atom is 0.0900 e. The lowest BCUT2D eigenvalue weighted by Gasteiger charge is -2.09. The van der Waals surface area contributed by atoms with Gasteiger partial charge in [0.25, 0.3) is 0 Å². The highest BCUT2D eigenvalue weighted by Crippen LogP contribution is 2.21. The van der Waals surface area contributed by atoms with Crippen LogP contribution in [0.15, 0.2) is 0 Å². The molecule has 0 spiro atoms. The van der Waals surface area contributed by atoms with Gasteiger partial charge in [-0.05, 0) is 20.8 Å². The van der Waals surface area contributed by atoms with Gasteiger partial charge in [-0.25, -0.2) is 4.98 Å². The van der Waals surface area contributed by atoms with E-state index < -0.39 is 0 Å². The average Bonchev–Trinajstić information content (AvgIpc) is 2.41. The van der Waals surface area contributed by atoms with Crippen LogP contribution in [0.2, 0.25) is 0 Å². The molecule has 0 aliphatic rings. The Morgan fingerprint density at radius 3 is 2.77 bits per heavy atom. The fourth-order valence-electron chi connectivity index (χ4n) is 1.26. The van der Waals surface area contributed by atoms with Crippen molar-refractivity contribution < 1.29 is 0 Å². The van der Waals surface area contributed by atoms with Crippen LogP contribution in [0.25, 0.3) is 0 Å². The monoisotopic (exact) mass is 194 g/mol. The molecule has 1 aromatic rings. The van der Waals surface area contributed by atoms with Crippen LogP contribution in [-0.4, -0.2) is 11.5 Å². The van der Waals surface area contributed by atoms with E-state index >= 15 is 0 Å². The van der Waals surface area contributed by atoms with Crippen molar-refractivity contribution in [1.82, 2.24) is 10.3 Å². The van der Waals surface area contributed by atoms with Gasteiger partial charge in [-0.15, -0.1) is 17.8 Å². The highest BCUT2D eigenvalue weighted by atomic mass is 32.1. The van der Waals surface area contributed by atoms with Crippen LogP contribution in [0.1, 0.15) is 28.5 Å². The van der Waals surface area contributed by atoms with Crippen molar-refractivity contribution in [2.75, 3.05) is 6.54 Å². The molecule has 1 heterocycles. The summed E-state index contributed by atoms with van der Waals surface area (Å²) in [5.74, 6) is 2.56. The number of nitrogens with one attached hydrogen (secondary N) is 1. The molecule has 0 bridgehead atoms. The van der Waals surface area contributed by atoms with Crippen LogP contribution in [0, 0.1) is 26.2 Å². The molecule has 1 atom stereocenters. The van der Waals surface area contributed by atoms with Gasteiger partial charge in [0.05, 0.1) is 17.2 Å². The molecule has 1 unspecified atom stereocenters. The lowest BCUT2D eigenvalue weighted by atomic mass is 10.2. The molecule has 3 heteroatoms. The second-order valence-electron chi connectivity index (χ2n) is 2.98. The van der Waals surface area contributed by atoms with Gasteiger partial charge in [-0.3, -0.25) is 5.32 Å². The zero-order valence-corrected chi connectivity index (χ0v) is 9.03. The van der Waals surface area contributed by atoms with E-state index in [2.05, 4.69) is 30.1 Å². The molecule has 1 rings (SSSR count). The third-order valence-electron chi connectivity index (χ3n) is 1.86. The first-order valence-corrected chi connectivity index (χ1v) is 5.07. The van der Waals surface area contributed by atoms with Crippen LogP contribution in [0.3, 0.4) is 0 Å². The number of thiazole rings is 1. The smallest absolute Gasteiger partial charge is 0.0900 e. The number of terminal acetylenes is 1. The number of rotatable bonds is 3. The molecule has 0 aromatic carbocycles. The normalized spacial score (nSPS) is 12.5. The lowest BCUT2D eigenvalue weighted by molar-refractivity contribution is 0.606. The van der Waals surface area contributed by atoms with E-state index in [4.69, 9.17) is 6.42 Å². The highest BCUT2D eigenvalue weighted by Gasteiger charge is 2.11. The number of aryl methyl sites for hydroxylation is 2. The van der Waals surface area contributed by atoms with E-state index in [0.717, 1.165) is 10.7 Å². The number of hydrogen-bond acceptors (Lipinski definition) is 3. The van der Waals surface area contributed by atoms with E-state index in [1.807, 2.05) is 6.92 Å². The SMILES string of the molecule is C#CCNC(C)c1nc(C)sc1C. The standard InChI is InChI=1S/C10H14N2S/c1-5-6-11-7(2)10-8(3)13-9(4)12-10/h1,7,11H,6H2,2-4H3. The second kappa shape index (κ2) is 4.40. The Hall–Kier alpha value is -0.850. The Labute approximate surface area is 83.4 Å². The fourth-order valence-corrected chi connectivity index (χ4v) is 2.17. The minimum absolute atomic E-state index is 0.251. The summed E-state index contributed by atoms with van der Waals surface area (Å²) in [6.45, 7) is 6.79. The van der Waals surface area contributed by atoms with Crippen LogP contribution in [0.4, 0.5) is 0 Å². The summed E-state index contributed by atoms with van der Waals surface area (Å²) in [4.78, 5) is 5.72. The van der Waals surface area contributed by atoms with E-state index in [0.29, 0.717) is 6.54 Å². The molecule has 0 radical (unpaired) electrons. The molecule has 70 valence electrons. The summed E-state index contributed by atoms with van der Waals surface area (Å²) in [7, 11) is 0. The molecule has 13 heavy (non-hydrogen) atoms. The summed E-state index contributed by atoms with van der Waals surface area (Å²) >= 11 is 1.73. The van der Waals surface area contributed by atoms with Crippen molar-refractivity contribution in [3.63, 3.8) is 0 Å². The maximum absolute atomic E-state index is 5.17. The fraction of sp³-hybridized carbons (Fsp3) is 0.500. The number of nitrogens with zero attached hydrogens (tertiary/aromatic N) is 1. The largest absolute Gasteiger partial charge is 0.298 e. The Morgan fingerprint density at radius 2 is 2.31 bits per heavy atom. The minimum atomic E-state index is 0.251. The Bertz CT molecular complexity index is 322. The Balaban J connectivity index is 2.71. The van der Waals surface area contributed by atoms with Crippen molar-refractivity contribution in [2.24, 2.45) is 0 Å². The summed E-state index contributed by atoms with van der Waals surface area (Å²) in [6, 6.07) is 0.251. The summed E-state index contributed by atoms with van der Waals surface area (Å²) in [6.07, 6.45) is 5.17. The van der Waals surface area contributed by atoms with Crippen LogP contribution < -0.4 is 5.32 Å². The van der Waals surface area contributed by atoms with Gasteiger partial charge < -0.3 is 0 Å². The van der Waals surface area contributed by atoms with E-state index in [1.54, 1.807) is 11.3 Å². The van der Waals surface area contributed by atoms with Gasteiger partial charge >= 0.3 is 0 Å². The van der Waals surface area contributed by atoms with Crippen molar-refractivity contribution >= 4 is 11.3 Å². The summed E-state index contributed by atoms with van der Waals surface area (Å²) in [5, 5.41) is 4.32. The molecule has 0 fully saturated rings. The van der Waals surface area contributed by atoms with Gasteiger partial charge in [0.15, 0.2) is 0 Å². The molecule has 0 aliphatic carbocycles. The molecule has 0 saturated heterocycles. The van der Waals surface area contributed by atoms with Crippen molar-refractivity contribution in [3.05, 3.63) is 15.6 Å². The Kier molecular flexibility index (Phi) is 3.47. The molecule has 1 aromatic heterocycles. The van der Waals surface area contributed by atoms with Gasteiger partial charge in [0.2, 0.25) is 0 Å². The van der Waals surface area contributed by atoms with Crippen LogP contribution in [-0.2, 0) is 0 Å². The molecular weight excluding hydrogens is 180 g/mol. The van der Waals surface area contributed by atoms with Crippen LogP contribution in [0.5, 0.6) is 0 Å². The molecule has 1 N–H and O–H groups in total. The zero-order chi connectivity index (χ0) is 9.84. The average molecular weight is 194 g/mol. The first kappa shape index (κ1) is 10.2. The van der Waals surface area contributed by atoms with Crippen molar-refractivity contribution in [1.29, 1.82) is 0 Å². The van der Waals surface area contributed by atoms with Crippen LogP contribution >= 0.6 is 11.3 Å². The topological polar surface area (TPSA) is 24.9 Å². The predicted molar refractivity (Wildman–Crippen MR) is 56.8 cm³/mol. The molecular formula is C10H14N2S. The number of hydrogen-bond donors (Lipinski definition) is 1. The molecule has 0 saturated carbocycles. The summed E-state index contributed by atoms with van der Waals surface area (Å²) in [5.41, 5.74) is 1.12. The van der Waals surface area contributed by atoms with Crippen molar-refractivity contribution in [2.45, 2.75) is 26.8 Å². The van der Waals surface area contributed by atoms with Gasteiger partial charge in [-0.1, -0.05) is 5.92 Å². The summed E-state index contributed by atoms with van der Waals surface area (Å²) < 4.78 is 0. The van der Waals surface area contributed by atoms with Gasteiger partial charge in [0, 0.05) is 10.9 Å². The molecule has 0 amide bonds. The van der Waals surface area contributed by atoms with E-state index in [-0.39, 0.29) is 6.04 Å². The highest BCUT2D eigenvalue weighted by molar-refractivity contribution is 7.11. The molecule has 2 nitrogen and oxygen atoms in total. The van der Waals surface area contributed by atoms with E-state index in [1.165, 1.54) is 4.88 Å². The molecule has 0 aliphatic heterocycles. The quantitative estimate of drug-likeness (QED) is 0.745. The zero-order valence-electron chi connectivity index (χ0n) is 8.22.